The first-order valence-electron chi connectivity index (χ1n) is 39.8. The number of primary sulfonamides is 1. The summed E-state index contributed by atoms with van der Waals surface area (Å²) >= 11 is 1.91. The molecule has 1 radical (unpaired) electrons. The molecule has 130 heavy (non-hydrogen) atoms. The van der Waals surface area contributed by atoms with Crippen molar-refractivity contribution in [2.75, 3.05) is 114 Å². The molecule has 693 valence electrons. The molecule has 12 aromatic rings. The number of benzene rings is 8. The number of nitrogens with two attached hydrogens (primary N) is 1. The van der Waals surface area contributed by atoms with Crippen LogP contribution >= 0.6 is 22.7 Å². The van der Waals surface area contributed by atoms with Gasteiger partial charge in [-0.2, -0.15) is 13.1 Å². The van der Waals surface area contributed by atoms with E-state index in [0.29, 0.717) is 109 Å². The SMILES string of the molecule is COC(=O)[C@H](COCc1cccc(OCCOCCOCCOS(=O)(=O)c2ccc(C)cc2)c1)CC(=O)Cn1cc(COc2ccc3nc(S(=O)(=O)NC(c4ccccc4)(c4ccc(OC)cc4)c4ccc(OC)cc4)sc3c2)nn1.NS(=O)(=O)c1nc2ccc(OCc3cn(CC(=O)C[C@@H](COCc4cccc(OCCOCCOCC[18F])c4)C(=O)O)nn3)cc2s1.[CH3-].[V]. The van der Waals surface area contributed by atoms with Gasteiger partial charge in [-0.05, 0) is 132 Å². The van der Waals surface area contributed by atoms with Gasteiger partial charge in [0.1, 0.15) is 97.6 Å². The molecule has 4 N–H and O–H groups in total. The molecule has 35 nitrogen and oxygen atoms in total. The number of carbonyl (C=O) groups is 4. The van der Waals surface area contributed by atoms with Crippen molar-refractivity contribution < 1.29 is 138 Å². The van der Waals surface area contributed by atoms with Crippen LogP contribution in [0.2, 0.25) is 0 Å². The second-order valence-corrected chi connectivity index (χ2v) is 35.6. The van der Waals surface area contributed by atoms with Gasteiger partial charge in [0.25, 0.3) is 30.2 Å². The Morgan fingerprint density at radius 1 is 0.492 bits per heavy atom. The normalized spacial score (nSPS) is 12.1. The van der Waals surface area contributed by atoms with E-state index in [1.54, 1.807) is 136 Å². The predicted molar refractivity (Wildman–Crippen MR) is 471 cm³/mol. The minimum atomic E-state index is -4.33. The minimum absolute atomic E-state index is 0. The van der Waals surface area contributed by atoms with E-state index in [2.05, 4.69) is 35.3 Å². The van der Waals surface area contributed by atoms with Gasteiger partial charge in [-0.1, -0.05) is 107 Å². The number of sulfonamides is 2. The van der Waals surface area contributed by atoms with Crippen LogP contribution in [0.15, 0.2) is 214 Å². The molecular formula is C88H98FN10O25S5V-. The fourth-order valence-electron chi connectivity index (χ4n) is 12.6. The number of Topliss-reactive ketones (excluding diaryl/α,β-unsaturated/α-hetero) is 2. The summed E-state index contributed by atoms with van der Waals surface area (Å²) in [6.07, 6.45) is 2.64. The van der Waals surface area contributed by atoms with Crippen LogP contribution in [0.4, 0.5) is 4.39 Å². The number of aromatic nitrogens is 8. The molecule has 12 rings (SSSR count). The average molecular weight is 1930 g/mol. The van der Waals surface area contributed by atoms with Crippen LogP contribution in [0.25, 0.3) is 20.4 Å². The third-order valence-corrected chi connectivity index (χ3v) is 25.4. The first-order valence-corrected chi connectivity index (χ1v) is 45.9. The van der Waals surface area contributed by atoms with Crippen LogP contribution in [0.5, 0.6) is 34.5 Å². The molecule has 0 spiro atoms. The molecular weight excluding hydrogens is 1830 g/mol. The number of methoxy groups -OCH3 is 3. The fraction of sp³-hybridized carbons (Fsp3) is 0.330. The number of fused-ring (bicyclic) bond motifs is 2. The molecule has 0 fully saturated rings. The molecule has 0 amide bonds. The quantitative estimate of drug-likeness (QED) is 0.0105. The van der Waals surface area contributed by atoms with E-state index in [1.807, 2.05) is 67.6 Å². The molecule has 0 aliphatic rings. The molecule has 2 atom stereocenters. The van der Waals surface area contributed by atoms with E-state index in [-0.39, 0.29) is 163 Å². The summed E-state index contributed by atoms with van der Waals surface area (Å²) in [6, 6.07) is 54.4. The molecule has 8 aromatic carbocycles. The van der Waals surface area contributed by atoms with Crippen LogP contribution < -0.4 is 38.3 Å². The number of nitrogens with one attached hydrogen (secondary N) is 1. The van der Waals surface area contributed by atoms with Gasteiger partial charge in [-0.25, -0.2) is 45.7 Å². The first kappa shape index (κ1) is 103. The van der Waals surface area contributed by atoms with Gasteiger partial charge < -0.3 is 74.1 Å². The van der Waals surface area contributed by atoms with Crippen LogP contribution in [-0.4, -0.2) is 208 Å². The number of ketones is 2. The van der Waals surface area contributed by atoms with Crippen LogP contribution in [-0.2, 0) is 150 Å². The van der Waals surface area contributed by atoms with Crippen molar-refractivity contribution in [3.63, 3.8) is 0 Å². The van der Waals surface area contributed by atoms with Crippen molar-refractivity contribution in [3.05, 3.63) is 253 Å². The number of carboxylic acids is 1. The Hall–Kier alpha value is -11.1. The standard InChI is InChI=1S/C58H61N5O15S3.C29H34FN5O10S2.CH3.V/c1-41-13-24-53(25-14-41)81(68,69)78-32-30-74-28-27-73-29-31-76-51-12-8-9-42(33-51)38-75-39-43(56(65)72-4)34-48(64)37-63-36-47(60-62-63)40-77-52-23-26-54-55(35-52)79-57(59-54)80(66,67)61-58(44-10-6-5-7-11-44,45-15-19-49(70-2)20-16-45)46-17-21-50(71-3)22-18-46;30-6-7-41-8-9-42-10-11-44-24-3-1-2-20(12-24)17-43-18-21(28(37)38)13-23(36)16-35-15-22(33-34-35)19-45-25-4-5-26-27(14-25)46-29(32-26)47(31,39)40;;/h5-26,33,35-36,43,61H,27-32,34,37-40H2,1-4H3;1-5,12,14-15,21H,6-11,13,16-19H2,(H,37,38)(H2,31,39,40);1H3;/q;;-1;/t43-;21-;;/m00../s1/i;30-1;;. The number of halogens is 1. The summed E-state index contributed by atoms with van der Waals surface area (Å²) in [7, 11) is -7.72. The minimum Gasteiger partial charge on any atom is -0.497 e. The molecule has 0 bridgehead atoms. The van der Waals surface area contributed by atoms with E-state index in [9.17, 15) is 53.9 Å². The zero-order valence-corrected chi connectivity index (χ0v) is 77.0. The number of carbonyl (C=O) groups excluding carboxylic acids is 3. The second-order valence-electron chi connectivity index (χ2n) is 28.3. The molecule has 0 saturated heterocycles. The van der Waals surface area contributed by atoms with Gasteiger partial charge in [-0.15, -0.1) is 32.9 Å². The second kappa shape index (κ2) is 50.9. The number of hydrogen-bond donors (Lipinski definition) is 3. The Kier molecular flexibility index (Phi) is 40.2. The van der Waals surface area contributed by atoms with E-state index in [4.69, 9.17) is 70.9 Å². The van der Waals surface area contributed by atoms with Gasteiger partial charge in [0.05, 0.1) is 157 Å². The molecule has 4 heterocycles. The summed E-state index contributed by atoms with van der Waals surface area (Å²) in [5.74, 6) is -1.13. The van der Waals surface area contributed by atoms with Gasteiger partial charge >= 0.3 is 11.9 Å². The summed E-state index contributed by atoms with van der Waals surface area (Å²) in [5, 5.41) is 30.9. The van der Waals surface area contributed by atoms with Gasteiger partial charge in [-0.3, -0.25) is 23.4 Å². The Morgan fingerprint density at radius 2 is 0.931 bits per heavy atom. The van der Waals surface area contributed by atoms with E-state index in [0.717, 1.165) is 39.4 Å². The largest absolute Gasteiger partial charge is 0.497 e. The predicted octanol–water partition coefficient (Wildman–Crippen LogP) is 10.7. The third-order valence-electron chi connectivity index (χ3n) is 18.9. The number of aryl methyl sites for hydroxylation is 1. The number of hydrogen-bond acceptors (Lipinski definition) is 32. The first-order chi connectivity index (χ1) is 61.8. The number of rotatable bonds is 54. The molecule has 0 saturated carbocycles. The number of esters is 1. The smallest absolute Gasteiger partial charge is 0.311 e. The summed E-state index contributed by atoms with van der Waals surface area (Å²) in [4.78, 5) is 59.1. The van der Waals surface area contributed by atoms with Crippen LogP contribution in [0.1, 0.15) is 57.6 Å². The summed E-state index contributed by atoms with van der Waals surface area (Å²) in [6.45, 7) is 3.29. The van der Waals surface area contributed by atoms with Crippen molar-refractivity contribution in [1.82, 2.24) is 44.7 Å². The summed E-state index contributed by atoms with van der Waals surface area (Å²) in [5.41, 5.74) is 4.76. The van der Waals surface area contributed by atoms with Crippen LogP contribution in [0.3, 0.4) is 0 Å². The number of ether oxygens (including phenoxy) is 13. The van der Waals surface area contributed by atoms with Crippen LogP contribution in [0, 0.1) is 26.2 Å². The number of alkyl halides is 1. The maximum Gasteiger partial charge on any atom is 0.311 e. The Labute approximate surface area is 770 Å². The summed E-state index contributed by atoms with van der Waals surface area (Å²) < 4.78 is 172. The number of nitrogens with zero attached hydrogens (tertiary/aromatic N) is 8. The zero-order chi connectivity index (χ0) is 90.9. The average Bonchev–Trinajstić information content (AvgIpc) is 0.941. The Balaban J connectivity index is 0.000000331. The van der Waals surface area contributed by atoms with E-state index < -0.39 is 66.2 Å². The molecule has 0 aliphatic carbocycles. The zero-order valence-electron chi connectivity index (χ0n) is 71.5. The molecule has 0 unspecified atom stereocenters. The van der Waals surface area contributed by atoms with Gasteiger partial charge in [0, 0.05) is 31.4 Å². The van der Waals surface area contributed by atoms with Crippen molar-refractivity contribution in [2.45, 2.75) is 78.4 Å². The van der Waals surface area contributed by atoms with E-state index in [1.165, 1.54) is 34.8 Å². The van der Waals surface area contributed by atoms with Crippen molar-refractivity contribution in [3.8, 4) is 34.5 Å². The number of thiazole rings is 2. The monoisotopic (exact) mass is 1920 g/mol. The topological polar surface area (TPSA) is 445 Å². The Morgan fingerprint density at radius 3 is 1.41 bits per heavy atom. The van der Waals surface area contributed by atoms with Crippen molar-refractivity contribution in [1.29, 1.82) is 0 Å². The maximum atomic E-state index is 14.6. The van der Waals surface area contributed by atoms with Crippen molar-refractivity contribution in [2.24, 2.45) is 17.0 Å². The molecule has 0 aliphatic heterocycles. The Bertz CT molecular complexity index is 5940. The number of aliphatic carboxylic acids is 1. The van der Waals surface area contributed by atoms with Crippen molar-refractivity contribution >= 4 is 96.8 Å². The maximum absolute atomic E-state index is 14.6. The molecule has 42 heteroatoms. The molecule has 4 aromatic heterocycles. The third kappa shape index (κ3) is 31.0. The van der Waals surface area contributed by atoms with E-state index >= 15 is 0 Å². The van der Waals surface area contributed by atoms with Gasteiger partial charge in [0.2, 0.25) is 8.68 Å². The van der Waals surface area contributed by atoms with Gasteiger partial charge in [0.15, 0.2) is 11.6 Å². The fourth-order valence-corrected chi connectivity index (χ4v) is 17.8. The number of carboxylic acid groups (broad SMARTS) is 1.